The molecule has 0 aromatic rings. The maximum atomic E-state index is 12.1. The third kappa shape index (κ3) is 2.71. The van der Waals surface area contributed by atoms with Crippen LogP contribution >= 0.6 is 0 Å². The zero-order valence-electron chi connectivity index (χ0n) is 9.97. The van der Waals surface area contributed by atoms with Crippen molar-refractivity contribution in [2.24, 2.45) is 17.1 Å². The number of carbonyl (C=O) groups is 1. The number of nitrogens with two attached hydrogens (primary N) is 1. The Balaban J connectivity index is 2.89. The molecule has 1 aliphatic rings. The minimum atomic E-state index is 0.0200. The number of ketones is 1. The lowest BCUT2D eigenvalue weighted by molar-refractivity contribution is -0.124. The van der Waals surface area contributed by atoms with Gasteiger partial charge in [0.05, 0.1) is 0 Å². The molecule has 0 saturated heterocycles. The highest BCUT2D eigenvalue weighted by molar-refractivity contribution is 5.86. The van der Waals surface area contributed by atoms with Gasteiger partial charge in [-0.1, -0.05) is 32.1 Å². The fourth-order valence-corrected chi connectivity index (χ4v) is 2.57. The van der Waals surface area contributed by atoms with Gasteiger partial charge in [0.2, 0.25) is 0 Å². The summed E-state index contributed by atoms with van der Waals surface area (Å²) < 4.78 is 0. The van der Waals surface area contributed by atoms with Crippen LogP contribution in [-0.4, -0.2) is 5.78 Å². The Labute approximate surface area is 92.2 Å². The molecule has 84 valence electrons. The number of carbonyl (C=O) groups excluding carboxylic acids is 1. The van der Waals surface area contributed by atoms with Gasteiger partial charge in [0.15, 0.2) is 0 Å². The summed E-state index contributed by atoms with van der Waals surface area (Å²) in [6.07, 6.45) is 4.62. The monoisotopic (exact) mass is 207 g/mol. The lowest BCUT2D eigenvalue weighted by atomic mass is 9.66. The summed E-state index contributed by atoms with van der Waals surface area (Å²) in [7, 11) is 0. The van der Waals surface area contributed by atoms with Crippen molar-refractivity contribution in [2.45, 2.75) is 40.0 Å². The van der Waals surface area contributed by atoms with E-state index < -0.39 is 0 Å². The molecule has 0 heterocycles. The van der Waals surface area contributed by atoms with E-state index in [-0.39, 0.29) is 17.1 Å². The van der Waals surface area contributed by atoms with Crippen LogP contribution in [0.2, 0.25) is 0 Å². The molecule has 0 radical (unpaired) electrons. The highest BCUT2D eigenvalue weighted by Gasteiger charge is 2.37. The largest absolute Gasteiger partial charge is 0.402 e. The van der Waals surface area contributed by atoms with E-state index in [0.717, 1.165) is 12.8 Å². The normalized spacial score (nSPS) is 24.5. The summed E-state index contributed by atoms with van der Waals surface area (Å²) in [6, 6.07) is 0. The van der Waals surface area contributed by atoms with Crippen LogP contribution in [0.25, 0.3) is 0 Å². The highest BCUT2D eigenvalue weighted by atomic mass is 16.1. The van der Waals surface area contributed by atoms with Crippen molar-refractivity contribution in [3.8, 4) is 0 Å². The third-order valence-corrected chi connectivity index (χ3v) is 3.22. The van der Waals surface area contributed by atoms with E-state index in [0.29, 0.717) is 12.1 Å². The number of hydrogen-bond acceptors (Lipinski definition) is 2. The van der Waals surface area contributed by atoms with Crippen molar-refractivity contribution in [3.63, 3.8) is 0 Å². The molecule has 0 aromatic carbocycles. The molecule has 1 rings (SSSR count). The Morgan fingerprint density at radius 1 is 1.67 bits per heavy atom. The van der Waals surface area contributed by atoms with Gasteiger partial charge in [0, 0.05) is 18.0 Å². The molecular weight excluding hydrogens is 186 g/mol. The van der Waals surface area contributed by atoms with Crippen molar-refractivity contribution >= 4 is 5.78 Å². The molecule has 2 N–H and O–H groups in total. The van der Waals surface area contributed by atoms with Gasteiger partial charge in [-0.25, -0.2) is 0 Å². The van der Waals surface area contributed by atoms with E-state index in [1.165, 1.54) is 5.57 Å². The van der Waals surface area contributed by atoms with Crippen LogP contribution in [0, 0.1) is 11.3 Å². The Morgan fingerprint density at radius 2 is 2.27 bits per heavy atom. The molecule has 0 fully saturated rings. The van der Waals surface area contributed by atoms with Crippen LogP contribution in [-0.2, 0) is 4.79 Å². The lowest BCUT2D eigenvalue weighted by Crippen LogP contribution is -2.34. The zero-order valence-corrected chi connectivity index (χ0v) is 9.97. The van der Waals surface area contributed by atoms with E-state index in [2.05, 4.69) is 26.5 Å². The Kier molecular flexibility index (Phi) is 3.38. The number of rotatable bonds is 3. The summed E-state index contributed by atoms with van der Waals surface area (Å²) in [4.78, 5) is 12.1. The second kappa shape index (κ2) is 4.21. The van der Waals surface area contributed by atoms with Gasteiger partial charge in [-0.05, 0) is 25.2 Å². The van der Waals surface area contributed by atoms with Crippen molar-refractivity contribution in [2.75, 3.05) is 0 Å². The van der Waals surface area contributed by atoms with E-state index >= 15 is 0 Å². The van der Waals surface area contributed by atoms with Gasteiger partial charge in [-0.2, -0.15) is 0 Å². The van der Waals surface area contributed by atoms with Crippen molar-refractivity contribution in [3.05, 3.63) is 23.9 Å². The van der Waals surface area contributed by atoms with Gasteiger partial charge < -0.3 is 5.73 Å². The maximum absolute atomic E-state index is 12.1. The molecule has 0 aromatic heterocycles. The van der Waals surface area contributed by atoms with Crippen LogP contribution in [0.5, 0.6) is 0 Å². The molecule has 0 saturated carbocycles. The molecule has 0 spiro atoms. The summed E-state index contributed by atoms with van der Waals surface area (Å²) in [5, 5.41) is 0. The smallest absolute Gasteiger partial charge is 0.146 e. The van der Waals surface area contributed by atoms with Crippen LogP contribution in [0.4, 0.5) is 0 Å². The molecule has 2 nitrogen and oxygen atoms in total. The standard InChI is InChI=1S/C13H21NO/c1-9-6-5-7-13(3,4)12(9)11(15)8-10(2)14/h6,12H,2,5,7-8,14H2,1,3-4H3. The summed E-state index contributed by atoms with van der Waals surface area (Å²) in [6.45, 7) is 9.96. The van der Waals surface area contributed by atoms with Gasteiger partial charge in [-0.15, -0.1) is 0 Å². The number of allylic oxidation sites excluding steroid dienone is 3. The molecule has 0 aliphatic heterocycles. The van der Waals surface area contributed by atoms with E-state index in [4.69, 9.17) is 5.73 Å². The Hall–Kier alpha value is -1.05. The first-order valence-corrected chi connectivity index (χ1v) is 5.47. The molecule has 1 atom stereocenters. The minimum Gasteiger partial charge on any atom is -0.402 e. The third-order valence-electron chi connectivity index (χ3n) is 3.22. The first-order valence-electron chi connectivity index (χ1n) is 5.47. The van der Waals surface area contributed by atoms with Crippen LogP contribution in [0.15, 0.2) is 23.9 Å². The molecular formula is C13H21NO. The highest BCUT2D eigenvalue weighted by Crippen LogP contribution is 2.41. The van der Waals surface area contributed by atoms with Crippen LogP contribution in [0.1, 0.15) is 40.0 Å². The van der Waals surface area contributed by atoms with Crippen molar-refractivity contribution < 1.29 is 4.79 Å². The zero-order chi connectivity index (χ0) is 11.6. The van der Waals surface area contributed by atoms with Gasteiger partial charge >= 0.3 is 0 Å². The minimum absolute atomic E-state index is 0.0200. The predicted molar refractivity (Wildman–Crippen MR) is 63.2 cm³/mol. The summed E-state index contributed by atoms with van der Waals surface area (Å²) in [5.74, 6) is 0.229. The molecule has 15 heavy (non-hydrogen) atoms. The maximum Gasteiger partial charge on any atom is 0.146 e. The topological polar surface area (TPSA) is 43.1 Å². The number of hydrogen-bond donors (Lipinski definition) is 1. The van der Waals surface area contributed by atoms with Gasteiger partial charge in [-0.3, -0.25) is 4.79 Å². The second-order valence-electron chi connectivity index (χ2n) is 5.21. The van der Waals surface area contributed by atoms with E-state index in [1.807, 2.05) is 6.92 Å². The summed E-state index contributed by atoms with van der Waals surface area (Å²) in [5.41, 5.74) is 7.22. The molecule has 2 heteroatoms. The van der Waals surface area contributed by atoms with E-state index in [9.17, 15) is 4.79 Å². The molecule has 1 aliphatic carbocycles. The first kappa shape index (κ1) is 12.0. The molecule has 0 bridgehead atoms. The van der Waals surface area contributed by atoms with Crippen LogP contribution < -0.4 is 5.73 Å². The quantitative estimate of drug-likeness (QED) is 0.723. The summed E-state index contributed by atoms with van der Waals surface area (Å²) >= 11 is 0. The average molecular weight is 207 g/mol. The fourth-order valence-electron chi connectivity index (χ4n) is 2.57. The van der Waals surface area contributed by atoms with Gasteiger partial charge in [0.1, 0.15) is 5.78 Å². The van der Waals surface area contributed by atoms with Gasteiger partial charge in [0.25, 0.3) is 0 Å². The fraction of sp³-hybridized carbons (Fsp3) is 0.615. The predicted octanol–water partition coefficient (Wildman–Crippen LogP) is 2.80. The lowest BCUT2D eigenvalue weighted by Gasteiger charge is -2.37. The SMILES string of the molecule is C=C(N)CC(=O)C1C(C)=CCCC1(C)C. The first-order chi connectivity index (χ1) is 6.84. The second-order valence-corrected chi connectivity index (χ2v) is 5.21. The number of Topliss-reactive ketones (excluding diaryl/α,β-unsaturated/α-hetero) is 1. The Morgan fingerprint density at radius 3 is 2.73 bits per heavy atom. The van der Waals surface area contributed by atoms with E-state index in [1.54, 1.807) is 0 Å². The van der Waals surface area contributed by atoms with Crippen LogP contribution in [0.3, 0.4) is 0 Å². The molecule has 0 amide bonds. The average Bonchev–Trinajstić information content (AvgIpc) is 1.99. The van der Waals surface area contributed by atoms with Crippen molar-refractivity contribution in [1.29, 1.82) is 0 Å². The van der Waals surface area contributed by atoms with Crippen molar-refractivity contribution in [1.82, 2.24) is 0 Å². The Bertz CT molecular complexity index is 312. The molecule has 1 unspecified atom stereocenters.